The summed E-state index contributed by atoms with van der Waals surface area (Å²) in [5, 5.41) is 7.43. The molecule has 9 aromatic carbocycles. The number of hydrogen-bond acceptors (Lipinski definition) is 1. The molecule has 0 radical (unpaired) electrons. The summed E-state index contributed by atoms with van der Waals surface area (Å²) in [4.78, 5) is 2.43. The quantitative estimate of drug-likeness (QED) is 0.172. The van der Waals surface area contributed by atoms with Crippen molar-refractivity contribution in [2.75, 3.05) is 4.90 Å². The van der Waals surface area contributed by atoms with Crippen LogP contribution in [0.1, 0.15) is 0 Å². The van der Waals surface area contributed by atoms with Gasteiger partial charge in [0.15, 0.2) is 0 Å². The number of rotatable bonds is 6. The van der Waals surface area contributed by atoms with E-state index in [4.69, 9.17) is 0 Å². The summed E-state index contributed by atoms with van der Waals surface area (Å²) in [5.41, 5.74) is 11.7. The van der Waals surface area contributed by atoms with Gasteiger partial charge in [0.05, 0.1) is 16.7 Å². The van der Waals surface area contributed by atoms with Crippen LogP contribution in [0.2, 0.25) is 0 Å². The van der Waals surface area contributed by atoms with E-state index in [9.17, 15) is 0 Å². The van der Waals surface area contributed by atoms with Crippen LogP contribution in [0.5, 0.6) is 0 Å². The summed E-state index contributed by atoms with van der Waals surface area (Å²) in [6.07, 6.45) is 0. The maximum Gasteiger partial charge on any atom is 0.0541 e. The van der Waals surface area contributed by atoms with Gasteiger partial charge in [0.1, 0.15) is 0 Å². The normalized spacial score (nSPS) is 11.5. The van der Waals surface area contributed by atoms with Gasteiger partial charge in [-0.2, -0.15) is 0 Å². The molecule has 0 atom stereocenters. The lowest BCUT2D eigenvalue weighted by molar-refractivity contribution is 1.17. The first-order chi connectivity index (χ1) is 25.8. The lowest BCUT2D eigenvalue weighted by Gasteiger charge is -2.28. The second-order valence-corrected chi connectivity index (χ2v) is 13.3. The van der Waals surface area contributed by atoms with Gasteiger partial charge in [0.25, 0.3) is 0 Å². The molecule has 0 aliphatic heterocycles. The first kappa shape index (κ1) is 30.0. The highest BCUT2D eigenvalue weighted by Crippen LogP contribution is 2.44. The summed E-state index contributed by atoms with van der Waals surface area (Å²) in [5.74, 6) is 0. The van der Waals surface area contributed by atoms with Crippen LogP contribution in [0.25, 0.3) is 71.3 Å². The summed E-state index contributed by atoms with van der Waals surface area (Å²) in [7, 11) is 0. The number of hydrogen-bond donors (Lipinski definition) is 0. The molecule has 0 saturated carbocycles. The van der Waals surface area contributed by atoms with Crippen molar-refractivity contribution in [1.29, 1.82) is 0 Å². The average Bonchev–Trinajstić information content (AvgIpc) is 3.56. The highest BCUT2D eigenvalue weighted by molar-refractivity contribution is 6.11. The van der Waals surface area contributed by atoms with Crippen LogP contribution in [-0.2, 0) is 0 Å². The van der Waals surface area contributed by atoms with Crippen molar-refractivity contribution in [2.24, 2.45) is 0 Å². The molecule has 0 amide bonds. The number of para-hydroxylation sites is 2. The first-order valence-corrected chi connectivity index (χ1v) is 17.9. The van der Waals surface area contributed by atoms with E-state index in [0.717, 1.165) is 22.7 Å². The summed E-state index contributed by atoms with van der Waals surface area (Å²) in [6, 6.07) is 74.7. The highest BCUT2D eigenvalue weighted by Gasteiger charge is 2.20. The van der Waals surface area contributed by atoms with E-state index in [1.54, 1.807) is 0 Å². The molecule has 1 aromatic heterocycles. The largest absolute Gasteiger partial charge is 0.310 e. The van der Waals surface area contributed by atoms with Crippen molar-refractivity contribution in [2.45, 2.75) is 0 Å². The van der Waals surface area contributed by atoms with Gasteiger partial charge in [-0.05, 0) is 86.9 Å². The molecule has 0 N–H and O–H groups in total. The molecule has 52 heavy (non-hydrogen) atoms. The topological polar surface area (TPSA) is 8.17 Å². The molecule has 0 unspecified atom stereocenters. The molecule has 0 spiro atoms. The van der Waals surface area contributed by atoms with E-state index in [-0.39, 0.29) is 0 Å². The fraction of sp³-hybridized carbons (Fsp3) is 0. The Labute approximate surface area is 303 Å². The molecular formula is C50H34N2. The van der Waals surface area contributed by atoms with Gasteiger partial charge in [0.2, 0.25) is 0 Å². The van der Waals surface area contributed by atoms with Crippen molar-refractivity contribution < 1.29 is 0 Å². The minimum atomic E-state index is 1.09. The molecule has 0 fully saturated rings. The zero-order valence-corrected chi connectivity index (χ0v) is 28.5. The Balaban J connectivity index is 1.22. The van der Waals surface area contributed by atoms with Gasteiger partial charge in [0, 0.05) is 33.2 Å². The number of fused-ring (bicyclic) bond motifs is 5. The van der Waals surface area contributed by atoms with E-state index >= 15 is 0 Å². The van der Waals surface area contributed by atoms with Crippen LogP contribution in [0.4, 0.5) is 17.1 Å². The molecule has 0 bridgehead atoms. The summed E-state index contributed by atoms with van der Waals surface area (Å²) in [6.45, 7) is 0. The Morgan fingerprint density at radius 3 is 1.63 bits per heavy atom. The molecule has 0 aliphatic carbocycles. The third-order valence-corrected chi connectivity index (χ3v) is 10.4. The second kappa shape index (κ2) is 12.5. The van der Waals surface area contributed by atoms with Gasteiger partial charge in [-0.25, -0.2) is 0 Å². The van der Waals surface area contributed by atoms with Crippen molar-refractivity contribution >= 4 is 60.4 Å². The smallest absolute Gasteiger partial charge is 0.0541 e. The summed E-state index contributed by atoms with van der Waals surface area (Å²) >= 11 is 0. The monoisotopic (exact) mass is 662 g/mol. The Hall–Kier alpha value is -6.90. The lowest BCUT2D eigenvalue weighted by atomic mass is 9.93. The first-order valence-electron chi connectivity index (χ1n) is 17.9. The van der Waals surface area contributed by atoms with Crippen molar-refractivity contribution in [3.05, 3.63) is 206 Å². The Kier molecular flexibility index (Phi) is 7.18. The van der Waals surface area contributed by atoms with Gasteiger partial charge in [-0.15, -0.1) is 0 Å². The van der Waals surface area contributed by atoms with Gasteiger partial charge in [-0.3, -0.25) is 0 Å². The van der Waals surface area contributed by atoms with Crippen LogP contribution < -0.4 is 4.90 Å². The predicted octanol–water partition coefficient (Wildman–Crippen LogP) is 13.9. The number of nitrogens with zero attached hydrogens (tertiary/aromatic N) is 2. The molecule has 2 heteroatoms. The van der Waals surface area contributed by atoms with E-state index in [2.05, 4.69) is 216 Å². The molecule has 2 nitrogen and oxygen atoms in total. The Morgan fingerprint density at radius 2 is 0.865 bits per heavy atom. The van der Waals surface area contributed by atoms with Gasteiger partial charge < -0.3 is 9.47 Å². The van der Waals surface area contributed by atoms with Gasteiger partial charge in [-0.1, -0.05) is 158 Å². The number of aromatic nitrogens is 1. The van der Waals surface area contributed by atoms with Crippen LogP contribution in [0, 0.1) is 0 Å². The van der Waals surface area contributed by atoms with E-state index in [1.807, 2.05) is 0 Å². The molecule has 10 aromatic rings. The zero-order chi connectivity index (χ0) is 34.4. The average molecular weight is 663 g/mol. The lowest BCUT2D eigenvalue weighted by Crippen LogP contribution is -2.11. The number of anilines is 3. The molecule has 10 rings (SSSR count). The predicted molar refractivity (Wildman–Crippen MR) is 221 cm³/mol. The van der Waals surface area contributed by atoms with Crippen molar-refractivity contribution in [1.82, 2.24) is 4.57 Å². The van der Waals surface area contributed by atoms with Crippen molar-refractivity contribution in [3.63, 3.8) is 0 Å². The Bertz CT molecular complexity index is 2860. The maximum atomic E-state index is 2.43. The van der Waals surface area contributed by atoms with Crippen LogP contribution in [-0.4, -0.2) is 4.57 Å². The van der Waals surface area contributed by atoms with E-state index < -0.39 is 0 Å². The van der Waals surface area contributed by atoms with Crippen LogP contribution in [0.15, 0.2) is 206 Å². The molecule has 244 valence electrons. The SMILES string of the molecule is c1ccc(-c2cccc(N(c3cccc(-n4c5ccccc5c5ccccc54)c3)c3ccc(-c4cccc5ccccc45)c4ccccc34)c2)cc1. The fourth-order valence-corrected chi connectivity index (χ4v) is 8.03. The zero-order valence-electron chi connectivity index (χ0n) is 28.5. The number of benzene rings is 9. The fourth-order valence-electron chi connectivity index (χ4n) is 8.03. The minimum absolute atomic E-state index is 1.09. The molecular weight excluding hydrogens is 629 g/mol. The molecule has 0 saturated heterocycles. The minimum Gasteiger partial charge on any atom is -0.310 e. The second-order valence-electron chi connectivity index (χ2n) is 13.3. The molecule has 0 aliphatic rings. The van der Waals surface area contributed by atoms with E-state index in [1.165, 1.54) is 65.6 Å². The van der Waals surface area contributed by atoms with Crippen LogP contribution >= 0.6 is 0 Å². The van der Waals surface area contributed by atoms with E-state index in [0.29, 0.717) is 0 Å². The standard InChI is InChI=1S/C50H34N2/c1-2-15-35(16-3-1)37-19-12-20-38(33-37)51(39-21-14-22-40(34-39)52-48-29-10-8-26-46(48)47-27-9-11-30-49(47)52)50-32-31-44(43-24-6-7-25-45(43)50)42-28-13-18-36-17-4-5-23-41(36)42/h1-34H. The Morgan fingerprint density at radius 1 is 0.327 bits per heavy atom. The van der Waals surface area contributed by atoms with Crippen LogP contribution in [0.3, 0.4) is 0 Å². The van der Waals surface area contributed by atoms with Gasteiger partial charge >= 0.3 is 0 Å². The maximum absolute atomic E-state index is 2.43. The third-order valence-electron chi connectivity index (χ3n) is 10.4. The van der Waals surface area contributed by atoms with Crippen molar-refractivity contribution in [3.8, 4) is 27.9 Å². The summed E-state index contributed by atoms with van der Waals surface area (Å²) < 4.78 is 2.40. The molecule has 1 heterocycles. The third kappa shape index (κ3) is 4.96. The highest BCUT2D eigenvalue weighted by atomic mass is 15.1.